The number of pyridine rings is 1. The van der Waals surface area contributed by atoms with Crippen LogP contribution in [-0.4, -0.2) is 65.1 Å². The predicted molar refractivity (Wildman–Crippen MR) is 166 cm³/mol. The van der Waals surface area contributed by atoms with Gasteiger partial charge in [-0.3, -0.25) is 4.79 Å². The summed E-state index contributed by atoms with van der Waals surface area (Å²) in [5.41, 5.74) is 1.26. The van der Waals surface area contributed by atoms with Gasteiger partial charge < -0.3 is 29.9 Å². The van der Waals surface area contributed by atoms with E-state index in [0.717, 1.165) is 5.69 Å². The second-order valence-corrected chi connectivity index (χ2v) is 11.6. The number of aromatic nitrogens is 3. The molecule has 42 heavy (non-hydrogen) atoms. The number of anilines is 5. The summed E-state index contributed by atoms with van der Waals surface area (Å²) in [4.78, 5) is 33.8. The third-order valence-corrected chi connectivity index (χ3v) is 6.95. The van der Waals surface area contributed by atoms with Gasteiger partial charge in [-0.2, -0.15) is 5.10 Å². The maximum Gasteiger partial charge on any atom is 0.410 e. The number of benzene rings is 2. The Morgan fingerprint density at radius 3 is 2.38 bits per heavy atom. The minimum absolute atomic E-state index is 0.306. The van der Waals surface area contributed by atoms with Crippen LogP contribution in [0.15, 0.2) is 53.5 Å². The number of carbonyl (C=O) groups is 1. The highest BCUT2D eigenvalue weighted by Crippen LogP contribution is 2.35. The van der Waals surface area contributed by atoms with Crippen LogP contribution >= 0.6 is 23.2 Å². The number of aromatic amines is 1. The van der Waals surface area contributed by atoms with Crippen LogP contribution in [0.1, 0.15) is 20.8 Å². The van der Waals surface area contributed by atoms with Crippen molar-refractivity contribution in [3.63, 3.8) is 0 Å². The first kappa shape index (κ1) is 29.3. The van der Waals surface area contributed by atoms with Crippen molar-refractivity contribution in [2.45, 2.75) is 26.4 Å². The molecule has 220 valence electrons. The van der Waals surface area contributed by atoms with E-state index in [-0.39, 0.29) is 6.09 Å². The third-order valence-electron chi connectivity index (χ3n) is 6.52. The molecule has 3 N–H and O–H groups in total. The topological polar surface area (TPSA) is 125 Å². The Morgan fingerprint density at radius 2 is 1.71 bits per heavy atom. The molecule has 1 saturated heterocycles. The molecule has 0 aliphatic carbocycles. The van der Waals surface area contributed by atoms with Crippen LogP contribution in [0.4, 0.5) is 33.5 Å². The molecule has 0 spiro atoms. The van der Waals surface area contributed by atoms with Crippen LogP contribution in [0.5, 0.6) is 5.75 Å². The zero-order valence-electron chi connectivity index (χ0n) is 23.6. The number of rotatable bonds is 6. The van der Waals surface area contributed by atoms with E-state index >= 15 is 0 Å². The zero-order valence-corrected chi connectivity index (χ0v) is 25.1. The molecule has 11 nitrogen and oxygen atoms in total. The van der Waals surface area contributed by atoms with Crippen LogP contribution in [-0.2, 0) is 4.74 Å². The number of methoxy groups -OCH3 is 1. The summed E-state index contributed by atoms with van der Waals surface area (Å²) in [5.74, 6) is 1.32. The van der Waals surface area contributed by atoms with Gasteiger partial charge in [-0.05, 0) is 57.2 Å². The van der Waals surface area contributed by atoms with Crippen molar-refractivity contribution in [3.8, 4) is 5.75 Å². The molecule has 0 bridgehead atoms. The number of carbonyl (C=O) groups excluding carboxylic acids is 1. The van der Waals surface area contributed by atoms with Gasteiger partial charge in [0, 0.05) is 59.1 Å². The number of H-pyrrole nitrogens is 1. The SMILES string of the molecule is COc1cc(N2CCN(C(=O)OC(C)(C)C)CC2)ccc1Nc1nc(Nc2cc(Cl)cc(Cl)c2)cc2cn[nH]c(=O)c12. The number of fused-ring (bicyclic) bond motifs is 1. The van der Waals surface area contributed by atoms with Gasteiger partial charge in [-0.1, -0.05) is 23.2 Å². The molecule has 0 radical (unpaired) electrons. The monoisotopic (exact) mass is 611 g/mol. The Labute approximate surface area is 252 Å². The fourth-order valence-corrected chi connectivity index (χ4v) is 5.16. The van der Waals surface area contributed by atoms with Crippen LogP contribution in [0.2, 0.25) is 10.0 Å². The Morgan fingerprint density at radius 1 is 1.00 bits per heavy atom. The standard InChI is InChI=1S/C29H31Cl2N7O4/c1-29(2,3)42-28(40)38-9-7-37(8-10-38)21-5-6-22(23(15-21)41-4)34-26-25-17(16-32-36-27(25)39)11-24(35-26)33-20-13-18(30)12-19(31)14-20/h5-6,11-16H,7-10H2,1-4H3,(H,36,39)(H2,33,34,35). The number of nitrogens with zero attached hydrogens (tertiary/aromatic N) is 4. The quantitative estimate of drug-likeness (QED) is 0.234. The van der Waals surface area contributed by atoms with Gasteiger partial charge in [0.25, 0.3) is 5.56 Å². The minimum atomic E-state index is -0.537. The summed E-state index contributed by atoms with van der Waals surface area (Å²) in [6.45, 7) is 7.95. The summed E-state index contributed by atoms with van der Waals surface area (Å²) < 4.78 is 11.2. The molecular weight excluding hydrogens is 581 g/mol. The minimum Gasteiger partial charge on any atom is -0.494 e. The van der Waals surface area contributed by atoms with E-state index in [9.17, 15) is 9.59 Å². The number of amides is 1. The maximum atomic E-state index is 12.8. The van der Waals surface area contributed by atoms with Gasteiger partial charge in [-0.15, -0.1) is 0 Å². The van der Waals surface area contributed by atoms with E-state index in [1.54, 1.807) is 42.5 Å². The van der Waals surface area contributed by atoms with Crippen molar-refractivity contribution in [1.29, 1.82) is 0 Å². The van der Waals surface area contributed by atoms with Gasteiger partial charge in [0.1, 0.15) is 23.0 Å². The first-order chi connectivity index (χ1) is 20.0. The van der Waals surface area contributed by atoms with Gasteiger partial charge in [-0.25, -0.2) is 14.9 Å². The lowest BCUT2D eigenvalue weighted by Crippen LogP contribution is -2.50. The lowest BCUT2D eigenvalue weighted by Gasteiger charge is -2.37. The van der Waals surface area contributed by atoms with E-state index in [2.05, 4.69) is 30.7 Å². The molecule has 1 amide bonds. The molecule has 1 fully saturated rings. The van der Waals surface area contributed by atoms with Gasteiger partial charge in [0.05, 0.1) is 24.4 Å². The number of halogens is 2. The highest BCUT2D eigenvalue weighted by atomic mass is 35.5. The summed E-state index contributed by atoms with van der Waals surface area (Å²) in [7, 11) is 1.58. The van der Waals surface area contributed by atoms with Crippen molar-refractivity contribution in [3.05, 3.63) is 69.1 Å². The van der Waals surface area contributed by atoms with Gasteiger partial charge >= 0.3 is 6.09 Å². The fraction of sp³-hybridized carbons (Fsp3) is 0.310. The molecule has 5 rings (SSSR count). The predicted octanol–water partition coefficient (Wildman–Crippen LogP) is 6.18. The molecule has 4 aromatic rings. The number of nitrogens with one attached hydrogen (secondary N) is 3. The Bertz CT molecular complexity index is 1660. The molecular formula is C29H31Cl2N7O4. The lowest BCUT2D eigenvalue weighted by atomic mass is 10.2. The molecule has 1 aliphatic heterocycles. The van der Waals surface area contributed by atoms with Crippen molar-refractivity contribution in [2.75, 3.05) is 48.8 Å². The smallest absolute Gasteiger partial charge is 0.410 e. The van der Waals surface area contributed by atoms with Crippen LogP contribution < -0.4 is 25.8 Å². The number of hydrogen-bond acceptors (Lipinski definition) is 9. The molecule has 13 heteroatoms. The van der Waals surface area contributed by atoms with E-state index < -0.39 is 11.2 Å². The third kappa shape index (κ3) is 6.80. The molecule has 3 heterocycles. The van der Waals surface area contributed by atoms with E-state index in [0.29, 0.717) is 75.8 Å². The number of piperazine rings is 1. The first-order valence-corrected chi connectivity index (χ1v) is 14.0. The van der Waals surface area contributed by atoms with Gasteiger partial charge in [0.2, 0.25) is 0 Å². The average Bonchev–Trinajstić information content (AvgIpc) is 2.92. The zero-order chi connectivity index (χ0) is 30.0. The van der Waals surface area contributed by atoms with Crippen molar-refractivity contribution < 1.29 is 14.3 Å². The molecule has 0 saturated carbocycles. The van der Waals surface area contributed by atoms with Crippen molar-refractivity contribution in [1.82, 2.24) is 20.1 Å². The normalized spacial score (nSPS) is 13.7. The summed E-state index contributed by atoms with van der Waals surface area (Å²) in [6, 6.07) is 12.5. The average molecular weight is 613 g/mol. The Kier molecular flexibility index (Phi) is 8.33. The number of ether oxygens (including phenoxy) is 2. The van der Waals surface area contributed by atoms with Crippen LogP contribution in [0.3, 0.4) is 0 Å². The second kappa shape index (κ2) is 11.9. The second-order valence-electron chi connectivity index (χ2n) is 10.8. The van der Waals surface area contributed by atoms with Gasteiger partial charge in [0.15, 0.2) is 0 Å². The number of hydrogen-bond donors (Lipinski definition) is 3. The first-order valence-electron chi connectivity index (χ1n) is 13.3. The Balaban J connectivity index is 1.39. The molecule has 0 atom stereocenters. The van der Waals surface area contributed by atoms with Crippen molar-refractivity contribution >= 4 is 68.8 Å². The molecule has 2 aromatic carbocycles. The molecule has 1 aliphatic rings. The summed E-state index contributed by atoms with van der Waals surface area (Å²) >= 11 is 12.3. The van der Waals surface area contributed by atoms with Crippen LogP contribution in [0, 0.1) is 0 Å². The van der Waals surface area contributed by atoms with E-state index in [4.69, 9.17) is 32.7 Å². The lowest BCUT2D eigenvalue weighted by molar-refractivity contribution is 0.0240. The van der Waals surface area contributed by atoms with E-state index in [1.807, 2.05) is 39.0 Å². The van der Waals surface area contributed by atoms with E-state index in [1.165, 1.54) is 0 Å². The Hall–Kier alpha value is -4.22. The molecule has 0 unspecified atom stereocenters. The molecule has 2 aromatic heterocycles. The maximum absolute atomic E-state index is 12.8. The fourth-order valence-electron chi connectivity index (χ4n) is 4.63. The summed E-state index contributed by atoms with van der Waals surface area (Å²) in [6.07, 6.45) is 1.25. The summed E-state index contributed by atoms with van der Waals surface area (Å²) in [5, 5.41) is 14.7. The highest BCUT2D eigenvalue weighted by Gasteiger charge is 2.26. The van der Waals surface area contributed by atoms with Crippen molar-refractivity contribution in [2.24, 2.45) is 0 Å². The largest absolute Gasteiger partial charge is 0.494 e. The van der Waals surface area contributed by atoms with Crippen LogP contribution in [0.25, 0.3) is 10.8 Å². The highest BCUT2D eigenvalue weighted by molar-refractivity contribution is 6.35.